The van der Waals surface area contributed by atoms with Crippen molar-refractivity contribution in [3.63, 3.8) is 0 Å². The molecule has 2 rings (SSSR count). The lowest BCUT2D eigenvalue weighted by Gasteiger charge is -2.10. The van der Waals surface area contributed by atoms with Gasteiger partial charge in [0.25, 0.3) is 0 Å². The second kappa shape index (κ2) is 7.46. The zero-order valence-electron chi connectivity index (χ0n) is 13.2. The SMILES string of the molecule is COc1cc(/C=C/c2ccncc2)cc(O)c1CC=C(C)C. The number of benzene rings is 1. The average molecular weight is 295 g/mol. The minimum absolute atomic E-state index is 0.256. The van der Waals surface area contributed by atoms with E-state index in [1.54, 1.807) is 25.6 Å². The third-order valence-electron chi connectivity index (χ3n) is 3.32. The van der Waals surface area contributed by atoms with Gasteiger partial charge in [0.2, 0.25) is 0 Å². The first-order valence-electron chi connectivity index (χ1n) is 7.21. The van der Waals surface area contributed by atoms with E-state index in [1.807, 2.05) is 44.2 Å². The van der Waals surface area contributed by atoms with Gasteiger partial charge in [-0.05, 0) is 55.7 Å². The van der Waals surface area contributed by atoms with E-state index < -0.39 is 0 Å². The molecule has 0 aliphatic carbocycles. The van der Waals surface area contributed by atoms with Crippen molar-refractivity contribution in [1.29, 1.82) is 0 Å². The molecule has 1 aromatic heterocycles. The van der Waals surface area contributed by atoms with Crippen LogP contribution >= 0.6 is 0 Å². The molecule has 3 heteroatoms. The molecule has 1 heterocycles. The Bertz CT molecular complexity index is 684. The molecular formula is C19H21NO2. The highest BCUT2D eigenvalue weighted by Crippen LogP contribution is 2.31. The van der Waals surface area contributed by atoms with Crippen LogP contribution in [-0.4, -0.2) is 17.2 Å². The van der Waals surface area contributed by atoms with Crippen molar-refractivity contribution < 1.29 is 9.84 Å². The molecule has 0 spiro atoms. The lowest BCUT2D eigenvalue weighted by molar-refractivity contribution is 0.401. The minimum Gasteiger partial charge on any atom is -0.507 e. The Morgan fingerprint density at radius 3 is 2.45 bits per heavy atom. The second-order valence-corrected chi connectivity index (χ2v) is 5.32. The number of allylic oxidation sites excluding steroid dienone is 2. The molecule has 1 N–H and O–H groups in total. The maximum atomic E-state index is 10.3. The molecule has 22 heavy (non-hydrogen) atoms. The van der Waals surface area contributed by atoms with Gasteiger partial charge < -0.3 is 9.84 Å². The quantitative estimate of drug-likeness (QED) is 0.827. The molecule has 0 atom stereocenters. The summed E-state index contributed by atoms with van der Waals surface area (Å²) in [5.74, 6) is 0.957. The summed E-state index contributed by atoms with van der Waals surface area (Å²) in [7, 11) is 1.62. The van der Waals surface area contributed by atoms with Gasteiger partial charge in [0, 0.05) is 18.0 Å². The Morgan fingerprint density at radius 2 is 1.82 bits per heavy atom. The van der Waals surface area contributed by atoms with Gasteiger partial charge in [-0.25, -0.2) is 0 Å². The molecule has 0 saturated carbocycles. The van der Waals surface area contributed by atoms with Crippen molar-refractivity contribution in [1.82, 2.24) is 4.98 Å². The lowest BCUT2D eigenvalue weighted by atomic mass is 10.0. The third-order valence-corrected chi connectivity index (χ3v) is 3.32. The van der Waals surface area contributed by atoms with Crippen LogP contribution in [0.5, 0.6) is 11.5 Å². The highest BCUT2D eigenvalue weighted by molar-refractivity contribution is 5.71. The van der Waals surface area contributed by atoms with E-state index in [1.165, 1.54) is 5.57 Å². The molecule has 0 fully saturated rings. The highest BCUT2D eigenvalue weighted by atomic mass is 16.5. The number of phenols is 1. The number of aromatic nitrogens is 1. The van der Waals surface area contributed by atoms with Gasteiger partial charge in [-0.3, -0.25) is 4.98 Å². The number of phenolic OH excluding ortho intramolecular Hbond substituents is 1. The normalized spacial score (nSPS) is 10.7. The molecule has 0 amide bonds. The largest absolute Gasteiger partial charge is 0.507 e. The summed E-state index contributed by atoms with van der Waals surface area (Å²) < 4.78 is 5.42. The van der Waals surface area contributed by atoms with Gasteiger partial charge >= 0.3 is 0 Å². The van der Waals surface area contributed by atoms with Crippen molar-refractivity contribution in [3.8, 4) is 11.5 Å². The number of ether oxygens (including phenoxy) is 1. The molecule has 0 radical (unpaired) electrons. The monoisotopic (exact) mass is 295 g/mol. The number of nitrogens with zero attached hydrogens (tertiary/aromatic N) is 1. The van der Waals surface area contributed by atoms with Gasteiger partial charge in [-0.2, -0.15) is 0 Å². The molecule has 0 aliphatic rings. The van der Waals surface area contributed by atoms with E-state index in [4.69, 9.17) is 4.74 Å². The molecule has 1 aromatic carbocycles. The minimum atomic E-state index is 0.256. The Kier molecular flexibility index (Phi) is 5.37. The summed E-state index contributed by atoms with van der Waals surface area (Å²) in [5, 5.41) is 10.3. The van der Waals surface area contributed by atoms with Crippen molar-refractivity contribution >= 4 is 12.2 Å². The zero-order chi connectivity index (χ0) is 15.9. The van der Waals surface area contributed by atoms with Crippen LogP contribution in [0.25, 0.3) is 12.2 Å². The third kappa shape index (κ3) is 4.22. The van der Waals surface area contributed by atoms with Crippen molar-refractivity contribution in [2.45, 2.75) is 20.3 Å². The molecule has 0 saturated heterocycles. The first-order chi connectivity index (χ1) is 10.6. The van der Waals surface area contributed by atoms with Crippen molar-refractivity contribution in [2.75, 3.05) is 7.11 Å². The number of rotatable bonds is 5. The molecule has 114 valence electrons. The predicted molar refractivity (Wildman–Crippen MR) is 91.0 cm³/mol. The van der Waals surface area contributed by atoms with E-state index in [0.717, 1.165) is 16.7 Å². The fourth-order valence-electron chi connectivity index (χ4n) is 2.11. The first kappa shape index (κ1) is 15.8. The molecule has 0 aliphatic heterocycles. The van der Waals surface area contributed by atoms with Gasteiger partial charge in [0.1, 0.15) is 11.5 Å². The summed E-state index contributed by atoms with van der Waals surface area (Å²) in [6.07, 6.45) is 10.2. The van der Waals surface area contributed by atoms with E-state index in [9.17, 15) is 5.11 Å². The molecule has 0 unspecified atom stereocenters. The summed E-state index contributed by atoms with van der Waals surface area (Å²) in [6.45, 7) is 4.07. The topological polar surface area (TPSA) is 42.4 Å². The Labute approximate surface area is 131 Å². The Morgan fingerprint density at radius 1 is 1.14 bits per heavy atom. The van der Waals surface area contributed by atoms with Crippen LogP contribution < -0.4 is 4.74 Å². The van der Waals surface area contributed by atoms with Crippen LogP contribution in [-0.2, 0) is 6.42 Å². The fraction of sp³-hybridized carbons (Fsp3) is 0.211. The fourth-order valence-corrected chi connectivity index (χ4v) is 2.11. The molecular weight excluding hydrogens is 274 g/mol. The molecule has 3 nitrogen and oxygen atoms in total. The number of pyridine rings is 1. The van der Waals surface area contributed by atoms with Crippen LogP contribution in [0.15, 0.2) is 48.3 Å². The van der Waals surface area contributed by atoms with Gasteiger partial charge in [-0.15, -0.1) is 0 Å². The second-order valence-electron chi connectivity index (χ2n) is 5.32. The van der Waals surface area contributed by atoms with Gasteiger partial charge in [0.05, 0.1) is 7.11 Å². The number of hydrogen-bond donors (Lipinski definition) is 1. The van der Waals surface area contributed by atoms with Gasteiger partial charge in [0.15, 0.2) is 0 Å². The molecule has 2 aromatic rings. The first-order valence-corrected chi connectivity index (χ1v) is 7.21. The maximum Gasteiger partial charge on any atom is 0.126 e. The van der Waals surface area contributed by atoms with E-state index >= 15 is 0 Å². The smallest absolute Gasteiger partial charge is 0.126 e. The van der Waals surface area contributed by atoms with Gasteiger partial charge in [-0.1, -0.05) is 23.8 Å². The average Bonchev–Trinajstić information content (AvgIpc) is 2.52. The van der Waals surface area contributed by atoms with E-state index in [-0.39, 0.29) is 5.75 Å². The number of hydrogen-bond acceptors (Lipinski definition) is 3. The van der Waals surface area contributed by atoms with Crippen LogP contribution in [0.3, 0.4) is 0 Å². The van der Waals surface area contributed by atoms with Crippen LogP contribution in [0.2, 0.25) is 0 Å². The zero-order valence-corrected chi connectivity index (χ0v) is 13.2. The Hall–Kier alpha value is -2.55. The summed E-state index contributed by atoms with van der Waals surface area (Å²) in [6, 6.07) is 7.55. The van der Waals surface area contributed by atoms with Crippen LogP contribution in [0.4, 0.5) is 0 Å². The maximum absolute atomic E-state index is 10.3. The highest BCUT2D eigenvalue weighted by Gasteiger charge is 2.09. The Balaban J connectivity index is 2.29. The molecule has 0 bridgehead atoms. The predicted octanol–water partition coefficient (Wildman–Crippen LogP) is 4.47. The number of methoxy groups -OCH3 is 1. The lowest BCUT2D eigenvalue weighted by Crippen LogP contribution is -1.93. The number of aromatic hydroxyl groups is 1. The summed E-state index contributed by atoms with van der Waals surface area (Å²) >= 11 is 0. The van der Waals surface area contributed by atoms with E-state index in [2.05, 4.69) is 11.1 Å². The van der Waals surface area contributed by atoms with Crippen LogP contribution in [0, 0.1) is 0 Å². The van der Waals surface area contributed by atoms with Crippen molar-refractivity contribution in [2.24, 2.45) is 0 Å². The van der Waals surface area contributed by atoms with Crippen molar-refractivity contribution in [3.05, 3.63) is 65.0 Å². The summed E-state index contributed by atoms with van der Waals surface area (Å²) in [4.78, 5) is 3.99. The van der Waals surface area contributed by atoms with E-state index in [0.29, 0.717) is 12.2 Å². The standard InChI is InChI=1S/C19H21NO2/c1-14(2)4-7-17-18(21)12-16(13-19(17)22-3)6-5-15-8-10-20-11-9-15/h4-6,8-13,21H,7H2,1-3H3/b6-5+. The van der Waals surface area contributed by atoms with Crippen LogP contribution in [0.1, 0.15) is 30.5 Å². The summed E-state index contributed by atoms with van der Waals surface area (Å²) in [5.41, 5.74) is 3.97.